The Labute approximate surface area is 337 Å². The Kier molecular flexibility index (Phi) is 55.7. The number of halogens is 2. The van der Waals surface area contributed by atoms with Crippen molar-refractivity contribution in [2.75, 3.05) is 0 Å². The first-order valence-corrected chi connectivity index (χ1v) is 20.7. The van der Waals surface area contributed by atoms with E-state index in [4.69, 9.17) is 43.9 Å². The Hall–Kier alpha value is -0.311. The third kappa shape index (κ3) is 40.1. The Balaban J connectivity index is -0.000000109. The second-order valence-electron chi connectivity index (χ2n) is 10.6. The van der Waals surface area contributed by atoms with E-state index < -0.39 is 26.9 Å². The number of hydrogen-bond acceptors (Lipinski definition) is 6. The van der Waals surface area contributed by atoms with E-state index in [1.807, 2.05) is 0 Å². The maximum absolute atomic E-state index is 10.1. The summed E-state index contributed by atoms with van der Waals surface area (Å²) in [6.45, 7) is 0. The van der Waals surface area contributed by atoms with Gasteiger partial charge in [0, 0.05) is 24.3 Å². The standard InChI is InChI=1S/2C6H5NO2S.4C5H10.4CH3.2ClH.2Ti/c2*8-7(9)5-1-3-6(10)4-2-5;4*1-2-4-5-3-1;;;;;;;;/h2*1-4,10H;4*1-5H2;4*1H3;2*1H;;/q;;;;;;4*-1;;;+2;+4/p-4. The maximum Gasteiger partial charge on any atom is 4.00 e. The van der Waals surface area contributed by atoms with Crippen molar-refractivity contribution in [1.82, 2.24) is 0 Å². The molecule has 0 radical (unpaired) electrons. The number of non-ortho nitro benzene ring substituents is 2. The van der Waals surface area contributed by atoms with Gasteiger partial charge in [0.25, 0.3) is 11.4 Å². The first-order chi connectivity index (χ1) is 20.8. The van der Waals surface area contributed by atoms with Crippen molar-refractivity contribution < 1.29 is 48.6 Å². The van der Waals surface area contributed by atoms with Crippen LogP contribution >= 0.6 is 18.6 Å². The molecule has 12 heteroatoms. The SMILES string of the molecule is C1CCCC1.C1CCCC1.C1CCCC1.C1CCCC1.O=[N+]([O-])c1ccc([S-])cc1.O=[N+]([O-])c1ccc([S-])cc1.[CH3-].[CH3-].[CH3-].[CH3-].[Cl][Ti][Cl].[Ti+4]. The molecule has 2 aromatic rings. The second-order valence-corrected chi connectivity index (χ2v) is 14.2. The van der Waals surface area contributed by atoms with E-state index in [0.29, 0.717) is 9.79 Å². The van der Waals surface area contributed by atoms with Gasteiger partial charge in [-0.3, -0.25) is 20.2 Å². The molecular weight excluding hydrogens is 755 g/mol. The average molecular weight is 816 g/mol. The number of nitro groups is 2. The van der Waals surface area contributed by atoms with Gasteiger partial charge < -0.3 is 55.0 Å². The minimum atomic E-state index is -0.556. The molecule has 0 heterocycles. The van der Waals surface area contributed by atoms with Crippen molar-refractivity contribution in [1.29, 1.82) is 0 Å². The molecule has 4 saturated carbocycles. The number of nitro benzene ring substituents is 2. The smallest absolute Gasteiger partial charge is 4.00 e. The van der Waals surface area contributed by atoms with Crippen LogP contribution < -0.4 is 0 Å². The molecule has 0 N–H and O–H groups in total. The summed E-state index contributed by atoms with van der Waals surface area (Å²) in [5.74, 6) is 0. The van der Waals surface area contributed by atoms with Crippen LogP contribution in [0.5, 0.6) is 0 Å². The minimum absolute atomic E-state index is 0. The van der Waals surface area contributed by atoms with Crippen LogP contribution in [0.3, 0.4) is 0 Å². The molecule has 274 valence electrons. The molecule has 0 aliphatic heterocycles. The summed E-state index contributed by atoms with van der Waals surface area (Å²) in [6.07, 6.45) is 30.0. The van der Waals surface area contributed by atoms with Crippen LogP contribution in [-0.4, -0.2) is 9.85 Å². The monoisotopic (exact) mass is 814 g/mol. The van der Waals surface area contributed by atoms with Gasteiger partial charge in [-0.05, 0) is 0 Å². The van der Waals surface area contributed by atoms with E-state index in [1.54, 1.807) is 0 Å². The second kappa shape index (κ2) is 44.7. The molecule has 0 bridgehead atoms. The molecule has 6 nitrogen and oxygen atoms in total. The Morgan fingerprint density at radius 1 is 0.438 bits per heavy atom. The van der Waals surface area contributed by atoms with Gasteiger partial charge in [-0.25, -0.2) is 0 Å². The van der Waals surface area contributed by atoms with Crippen LogP contribution in [0.25, 0.3) is 0 Å². The van der Waals surface area contributed by atoms with Gasteiger partial charge in [0.2, 0.25) is 0 Å². The molecular formula is C36H60Cl2N2O4S2Ti2-2. The molecule has 6 rings (SSSR count). The average Bonchev–Trinajstić information content (AvgIpc) is 3.86. The first kappa shape index (κ1) is 59.8. The van der Waals surface area contributed by atoms with E-state index in [0.717, 1.165) is 0 Å². The van der Waals surface area contributed by atoms with Crippen molar-refractivity contribution in [2.45, 2.75) is 138 Å². The normalized spacial score (nSPS) is 14.1. The minimum Gasteiger partial charge on any atom is 4.00 e. The number of hydrogen-bond donors (Lipinski definition) is 0. The number of nitrogens with zero attached hydrogens (tertiary/aromatic N) is 2. The fraction of sp³-hybridized carbons (Fsp3) is 0.556. The maximum atomic E-state index is 10.1. The number of benzene rings is 2. The van der Waals surface area contributed by atoms with Crippen molar-refractivity contribution in [3.05, 3.63) is 98.5 Å². The zero-order valence-corrected chi connectivity index (χ0v) is 36.1. The summed E-state index contributed by atoms with van der Waals surface area (Å²) in [7, 11) is 9.78. The van der Waals surface area contributed by atoms with Crippen LogP contribution in [0.2, 0.25) is 0 Å². The van der Waals surface area contributed by atoms with E-state index in [2.05, 4.69) is 0 Å². The van der Waals surface area contributed by atoms with Gasteiger partial charge in [-0.1, -0.05) is 153 Å². The molecule has 0 aromatic heterocycles. The summed E-state index contributed by atoms with van der Waals surface area (Å²) >= 11 is 8.92. The summed E-state index contributed by atoms with van der Waals surface area (Å²) < 4.78 is 0. The predicted molar refractivity (Wildman–Crippen MR) is 207 cm³/mol. The fourth-order valence-corrected chi connectivity index (χ4v) is 4.94. The van der Waals surface area contributed by atoms with Crippen LogP contribution in [0, 0.1) is 49.9 Å². The van der Waals surface area contributed by atoms with E-state index >= 15 is 0 Å². The van der Waals surface area contributed by atoms with Crippen LogP contribution in [0.4, 0.5) is 11.4 Å². The molecule has 0 atom stereocenters. The summed E-state index contributed by atoms with van der Waals surface area (Å²) in [4.78, 5) is 20.5. The van der Waals surface area contributed by atoms with Crippen LogP contribution in [0.15, 0.2) is 58.3 Å². The Morgan fingerprint density at radius 2 is 0.562 bits per heavy atom. The van der Waals surface area contributed by atoms with Gasteiger partial charge in [0.05, 0.1) is 9.85 Å². The van der Waals surface area contributed by atoms with Crippen molar-refractivity contribution in [3.63, 3.8) is 0 Å². The van der Waals surface area contributed by atoms with Gasteiger partial charge in [-0.2, -0.15) is 9.79 Å². The van der Waals surface area contributed by atoms with Crippen LogP contribution in [-0.2, 0) is 64.0 Å². The molecule has 2 aromatic carbocycles. The Bertz CT molecular complexity index is 807. The third-order valence-corrected chi connectivity index (χ3v) is 7.64. The molecule has 0 saturated heterocycles. The van der Waals surface area contributed by atoms with Gasteiger partial charge in [-0.15, -0.1) is 0 Å². The van der Waals surface area contributed by atoms with Crippen molar-refractivity contribution >= 4 is 55.2 Å². The van der Waals surface area contributed by atoms with Crippen LogP contribution in [0.1, 0.15) is 128 Å². The zero-order valence-electron chi connectivity index (χ0n) is 29.9. The topological polar surface area (TPSA) is 86.3 Å². The van der Waals surface area contributed by atoms with Gasteiger partial charge in [0.1, 0.15) is 0 Å². The van der Waals surface area contributed by atoms with Gasteiger partial charge in [0.15, 0.2) is 0 Å². The van der Waals surface area contributed by atoms with Crippen molar-refractivity contribution in [2.24, 2.45) is 0 Å². The molecule has 4 fully saturated rings. The zero-order chi connectivity index (χ0) is 32.0. The largest absolute Gasteiger partial charge is 4.00 e. The fourth-order valence-electron chi connectivity index (χ4n) is 4.67. The molecule has 0 amide bonds. The first-order valence-electron chi connectivity index (χ1n) is 15.6. The van der Waals surface area contributed by atoms with E-state index in [1.165, 1.54) is 177 Å². The summed E-state index contributed by atoms with van der Waals surface area (Å²) in [6, 6.07) is 11.7. The quantitative estimate of drug-likeness (QED) is 0.0986. The third-order valence-electron chi connectivity index (χ3n) is 7.10. The van der Waals surface area contributed by atoms with Crippen molar-refractivity contribution in [3.8, 4) is 0 Å². The molecule has 4 aliphatic carbocycles. The molecule has 4 aliphatic rings. The molecule has 0 spiro atoms. The summed E-state index contributed by atoms with van der Waals surface area (Å²) in [5, 5.41) is 20.2. The Morgan fingerprint density at radius 3 is 0.667 bits per heavy atom. The summed E-state index contributed by atoms with van der Waals surface area (Å²) in [5.41, 5.74) is 0.155. The molecule has 0 unspecified atom stereocenters. The van der Waals surface area contributed by atoms with E-state index in [-0.39, 0.29) is 62.8 Å². The number of rotatable bonds is 2. The van der Waals surface area contributed by atoms with E-state index in [9.17, 15) is 20.2 Å². The van der Waals surface area contributed by atoms with Gasteiger partial charge >= 0.3 is 57.4 Å². The predicted octanol–water partition coefficient (Wildman–Crippen LogP) is 14.0. The molecule has 48 heavy (non-hydrogen) atoms.